The van der Waals surface area contributed by atoms with E-state index in [-0.39, 0.29) is 16.3 Å². The van der Waals surface area contributed by atoms with Crippen molar-refractivity contribution >= 4 is 34.9 Å². The second kappa shape index (κ2) is 8.28. The molecule has 5 heteroatoms. The molecular weight excluding hydrogens is 285 g/mol. The van der Waals surface area contributed by atoms with E-state index in [2.05, 4.69) is 6.92 Å². The van der Waals surface area contributed by atoms with Gasteiger partial charge in [-0.3, -0.25) is 0 Å². The van der Waals surface area contributed by atoms with Gasteiger partial charge in [0, 0.05) is 0 Å². The third-order valence-electron chi connectivity index (χ3n) is 2.83. The van der Waals surface area contributed by atoms with Crippen molar-refractivity contribution in [3.05, 3.63) is 27.7 Å². The monoisotopic (exact) mass is 303 g/mol. The van der Waals surface area contributed by atoms with Crippen LogP contribution in [-0.2, 0) is 4.74 Å². The summed E-state index contributed by atoms with van der Waals surface area (Å²) in [6.07, 6.45) is 5.47. The van der Waals surface area contributed by atoms with Gasteiger partial charge in [0.1, 0.15) is 5.56 Å². The number of nitrogen functional groups attached to an aromatic ring is 1. The maximum Gasteiger partial charge on any atom is 0.341 e. The van der Waals surface area contributed by atoms with Crippen LogP contribution >= 0.6 is 23.2 Å². The van der Waals surface area contributed by atoms with Crippen LogP contribution in [0.25, 0.3) is 0 Å². The van der Waals surface area contributed by atoms with Crippen LogP contribution in [0.4, 0.5) is 5.69 Å². The highest BCUT2D eigenvalue weighted by Gasteiger charge is 2.17. The molecule has 0 aliphatic rings. The third kappa shape index (κ3) is 4.92. The maximum atomic E-state index is 11.9. The molecule has 2 N–H and O–H groups in total. The Kier molecular flexibility index (Phi) is 7.03. The highest BCUT2D eigenvalue weighted by atomic mass is 35.5. The van der Waals surface area contributed by atoms with Crippen molar-refractivity contribution in [2.75, 3.05) is 12.3 Å². The molecule has 0 radical (unpaired) electrons. The first kappa shape index (κ1) is 16.1. The number of unbranched alkanes of at least 4 members (excludes halogenated alkanes) is 4. The highest BCUT2D eigenvalue weighted by Crippen LogP contribution is 2.29. The minimum absolute atomic E-state index is 0.155. The van der Waals surface area contributed by atoms with Crippen molar-refractivity contribution in [1.82, 2.24) is 0 Å². The van der Waals surface area contributed by atoms with Crippen LogP contribution in [0.5, 0.6) is 0 Å². The van der Waals surface area contributed by atoms with Gasteiger partial charge in [0.05, 0.1) is 22.3 Å². The molecular formula is C14H19Cl2NO2. The lowest BCUT2D eigenvalue weighted by atomic mass is 10.1. The summed E-state index contributed by atoms with van der Waals surface area (Å²) in [5, 5.41) is 0.567. The van der Waals surface area contributed by atoms with E-state index in [1.807, 2.05) is 0 Å². The van der Waals surface area contributed by atoms with Crippen LogP contribution in [0, 0.1) is 0 Å². The number of hydrogen-bond donors (Lipinski definition) is 1. The van der Waals surface area contributed by atoms with Gasteiger partial charge in [-0.2, -0.15) is 0 Å². The third-order valence-corrected chi connectivity index (χ3v) is 3.47. The summed E-state index contributed by atoms with van der Waals surface area (Å²) >= 11 is 11.8. The molecule has 0 aromatic heterocycles. The van der Waals surface area contributed by atoms with Crippen molar-refractivity contribution in [2.45, 2.75) is 39.0 Å². The normalized spacial score (nSPS) is 10.5. The van der Waals surface area contributed by atoms with Crippen LogP contribution in [0.15, 0.2) is 12.1 Å². The van der Waals surface area contributed by atoms with Crippen molar-refractivity contribution in [3.63, 3.8) is 0 Å². The quantitative estimate of drug-likeness (QED) is 0.451. The van der Waals surface area contributed by atoms with Gasteiger partial charge in [-0.1, -0.05) is 55.8 Å². The largest absolute Gasteiger partial charge is 0.462 e. The predicted octanol–water partition coefficient (Wildman–Crippen LogP) is 4.70. The molecule has 0 saturated carbocycles. The second-order valence-electron chi connectivity index (χ2n) is 4.37. The summed E-state index contributed by atoms with van der Waals surface area (Å²) in [7, 11) is 0. The minimum Gasteiger partial charge on any atom is -0.462 e. The molecule has 106 valence electrons. The fourth-order valence-corrected chi connectivity index (χ4v) is 2.12. The lowest BCUT2D eigenvalue weighted by Crippen LogP contribution is -2.10. The van der Waals surface area contributed by atoms with Gasteiger partial charge in [-0.15, -0.1) is 0 Å². The Morgan fingerprint density at radius 1 is 1.16 bits per heavy atom. The van der Waals surface area contributed by atoms with Gasteiger partial charge in [-0.05, 0) is 18.6 Å². The molecule has 0 heterocycles. The number of anilines is 1. The van der Waals surface area contributed by atoms with Crippen molar-refractivity contribution in [3.8, 4) is 0 Å². The molecule has 0 saturated heterocycles. The molecule has 1 aromatic rings. The van der Waals surface area contributed by atoms with Crippen molar-refractivity contribution in [1.29, 1.82) is 0 Å². The standard InChI is InChI=1S/C14H19Cl2NO2/c1-2-3-4-5-6-9-19-14(18)12-10(15)7-8-11(16)13(12)17/h7-8H,2-6,9,17H2,1H3. The molecule has 0 atom stereocenters. The zero-order valence-electron chi connectivity index (χ0n) is 11.0. The Hall–Kier alpha value is -0.930. The lowest BCUT2D eigenvalue weighted by Gasteiger charge is -2.09. The SMILES string of the molecule is CCCCCCCOC(=O)c1c(Cl)ccc(Cl)c1N. The summed E-state index contributed by atoms with van der Waals surface area (Å²) < 4.78 is 5.16. The molecule has 19 heavy (non-hydrogen) atoms. The molecule has 0 aliphatic heterocycles. The number of rotatable bonds is 7. The number of ether oxygens (including phenoxy) is 1. The average Bonchev–Trinajstić information content (AvgIpc) is 2.38. The van der Waals surface area contributed by atoms with E-state index in [0.717, 1.165) is 19.3 Å². The lowest BCUT2D eigenvalue weighted by molar-refractivity contribution is 0.0499. The molecule has 1 aromatic carbocycles. The minimum atomic E-state index is -0.513. The smallest absolute Gasteiger partial charge is 0.341 e. The van der Waals surface area contributed by atoms with Crippen LogP contribution in [-0.4, -0.2) is 12.6 Å². The molecule has 0 aliphatic carbocycles. The Morgan fingerprint density at radius 2 is 1.79 bits per heavy atom. The second-order valence-corrected chi connectivity index (χ2v) is 5.18. The zero-order chi connectivity index (χ0) is 14.3. The van der Waals surface area contributed by atoms with E-state index < -0.39 is 5.97 Å². The molecule has 3 nitrogen and oxygen atoms in total. The molecule has 1 rings (SSSR count). The first-order valence-electron chi connectivity index (χ1n) is 6.48. The summed E-state index contributed by atoms with van der Waals surface area (Å²) in [6, 6.07) is 3.10. The van der Waals surface area contributed by atoms with Crippen LogP contribution in [0.3, 0.4) is 0 Å². The topological polar surface area (TPSA) is 52.3 Å². The summed E-state index contributed by atoms with van der Waals surface area (Å²) in [6.45, 7) is 2.54. The first-order chi connectivity index (χ1) is 9.07. The van der Waals surface area contributed by atoms with E-state index in [1.165, 1.54) is 18.9 Å². The van der Waals surface area contributed by atoms with Crippen LogP contribution in [0.1, 0.15) is 49.4 Å². The maximum absolute atomic E-state index is 11.9. The number of benzene rings is 1. The Bertz CT molecular complexity index is 436. The van der Waals surface area contributed by atoms with E-state index in [4.69, 9.17) is 33.7 Å². The number of carbonyl (C=O) groups is 1. The van der Waals surface area contributed by atoms with Gasteiger partial charge < -0.3 is 10.5 Å². The fourth-order valence-electron chi connectivity index (χ4n) is 1.72. The first-order valence-corrected chi connectivity index (χ1v) is 7.24. The molecule has 0 unspecified atom stereocenters. The van der Waals surface area contributed by atoms with Gasteiger partial charge in [0.25, 0.3) is 0 Å². The number of halogens is 2. The van der Waals surface area contributed by atoms with Crippen molar-refractivity contribution < 1.29 is 9.53 Å². The van der Waals surface area contributed by atoms with Gasteiger partial charge in [0.2, 0.25) is 0 Å². The van der Waals surface area contributed by atoms with E-state index in [9.17, 15) is 4.79 Å². The Labute approximate surface area is 124 Å². The van der Waals surface area contributed by atoms with E-state index in [1.54, 1.807) is 6.07 Å². The average molecular weight is 304 g/mol. The number of esters is 1. The Balaban J connectivity index is 2.48. The molecule has 0 spiro atoms. The van der Waals surface area contributed by atoms with Crippen LogP contribution in [0.2, 0.25) is 10.0 Å². The van der Waals surface area contributed by atoms with Crippen molar-refractivity contribution in [2.24, 2.45) is 0 Å². The molecule has 0 amide bonds. The van der Waals surface area contributed by atoms with E-state index >= 15 is 0 Å². The van der Waals surface area contributed by atoms with E-state index in [0.29, 0.717) is 11.6 Å². The Morgan fingerprint density at radius 3 is 2.47 bits per heavy atom. The predicted molar refractivity (Wildman–Crippen MR) is 79.9 cm³/mol. The highest BCUT2D eigenvalue weighted by molar-refractivity contribution is 6.38. The van der Waals surface area contributed by atoms with Gasteiger partial charge in [0.15, 0.2) is 0 Å². The summed E-state index contributed by atoms with van der Waals surface area (Å²) in [4.78, 5) is 11.9. The van der Waals surface area contributed by atoms with Gasteiger partial charge >= 0.3 is 5.97 Å². The summed E-state index contributed by atoms with van der Waals surface area (Å²) in [5.41, 5.74) is 6.06. The zero-order valence-corrected chi connectivity index (χ0v) is 12.6. The number of hydrogen-bond acceptors (Lipinski definition) is 3. The fraction of sp³-hybridized carbons (Fsp3) is 0.500. The summed E-state index contributed by atoms with van der Waals surface area (Å²) in [5.74, 6) is -0.513. The molecule has 0 bridgehead atoms. The van der Waals surface area contributed by atoms with Crippen LogP contribution < -0.4 is 5.73 Å². The number of carbonyl (C=O) groups excluding carboxylic acids is 1. The van der Waals surface area contributed by atoms with Gasteiger partial charge in [-0.25, -0.2) is 4.79 Å². The number of nitrogens with two attached hydrogens (primary N) is 1. The molecule has 0 fully saturated rings.